The lowest BCUT2D eigenvalue weighted by Gasteiger charge is -2.13. The molecule has 4 aromatic rings. The minimum absolute atomic E-state index is 0.404. The van der Waals surface area contributed by atoms with E-state index in [2.05, 4.69) is 34.7 Å². The van der Waals surface area contributed by atoms with Crippen molar-refractivity contribution in [3.05, 3.63) is 98.6 Å². The third-order valence-electron chi connectivity index (χ3n) is 4.96. The Morgan fingerprint density at radius 1 is 0.867 bits per heavy atom. The fraction of sp³-hybridized carbons (Fsp3) is 0.167. The van der Waals surface area contributed by atoms with Gasteiger partial charge in [0.1, 0.15) is 12.4 Å². The maximum Gasteiger partial charge on any atom is 0.124 e. The van der Waals surface area contributed by atoms with Crippen LogP contribution in [-0.4, -0.2) is 11.5 Å². The van der Waals surface area contributed by atoms with Crippen molar-refractivity contribution in [3.63, 3.8) is 0 Å². The van der Waals surface area contributed by atoms with Gasteiger partial charge in [-0.05, 0) is 60.5 Å². The summed E-state index contributed by atoms with van der Waals surface area (Å²) in [5.74, 6) is 0.796. The lowest BCUT2D eigenvalue weighted by atomic mass is 10.1. The first kappa shape index (κ1) is 21.1. The number of ether oxygens (including phenoxy) is 1. The summed E-state index contributed by atoms with van der Waals surface area (Å²) in [5.41, 5.74) is 4.44. The Morgan fingerprint density at radius 3 is 2.60 bits per heavy atom. The lowest BCUT2D eigenvalue weighted by molar-refractivity contribution is 0.302. The molecule has 0 unspecified atom stereocenters. The number of fused-ring (bicyclic) bond motifs is 1. The van der Waals surface area contributed by atoms with Crippen LogP contribution in [0, 0.1) is 0 Å². The third-order valence-corrected chi connectivity index (χ3v) is 5.94. The molecule has 0 aliphatic carbocycles. The summed E-state index contributed by atoms with van der Waals surface area (Å²) in [4.78, 5) is 3.32. The topological polar surface area (TPSA) is 37.0 Å². The molecule has 0 amide bonds. The molecule has 0 fully saturated rings. The summed E-state index contributed by atoms with van der Waals surface area (Å²) < 4.78 is 6.03. The van der Waals surface area contributed by atoms with Crippen molar-refractivity contribution in [2.24, 2.45) is 0 Å². The third kappa shape index (κ3) is 5.11. The van der Waals surface area contributed by atoms with E-state index in [4.69, 9.17) is 39.5 Å². The van der Waals surface area contributed by atoms with Crippen molar-refractivity contribution in [1.29, 1.82) is 0 Å². The molecule has 1 aromatic heterocycles. The molecule has 6 heteroatoms. The number of rotatable bonds is 8. The predicted octanol–water partition coefficient (Wildman–Crippen LogP) is 7.04. The molecule has 2 N–H and O–H groups in total. The van der Waals surface area contributed by atoms with E-state index >= 15 is 0 Å². The van der Waals surface area contributed by atoms with Crippen LogP contribution >= 0.6 is 34.8 Å². The number of nitrogens with one attached hydrogen (secondary N) is 2. The molecule has 0 radical (unpaired) electrons. The molecule has 3 nitrogen and oxygen atoms in total. The average Bonchev–Trinajstić information content (AvgIpc) is 3.16. The Kier molecular flexibility index (Phi) is 6.86. The molecule has 0 spiro atoms. The van der Waals surface area contributed by atoms with Crippen molar-refractivity contribution in [3.8, 4) is 5.75 Å². The smallest absolute Gasteiger partial charge is 0.124 e. The number of para-hydroxylation sites is 1. The van der Waals surface area contributed by atoms with E-state index in [1.807, 2.05) is 36.4 Å². The highest BCUT2D eigenvalue weighted by molar-refractivity contribution is 6.42. The SMILES string of the molecule is Clc1ccc(OCc2ccc(Cl)c(Cl)c2)c(CNCCc2c[nH]c3ccccc23)c1. The van der Waals surface area contributed by atoms with Crippen molar-refractivity contribution in [2.75, 3.05) is 6.54 Å². The molecule has 0 aliphatic rings. The molecule has 0 aliphatic heterocycles. The molecular weight excluding hydrogens is 439 g/mol. The van der Waals surface area contributed by atoms with E-state index in [-0.39, 0.29) is 0 Å². The van der Waals surface area contributed by atoms with E-state index in [1.54, 1.807) is 6.07 Å². The van der Waals surface area contributed by atoms with E-state index in [1.165, 1.54) is 16.5 Å². The van der Waals surface area contributed by atoms with Crippen LogP contribution < -0.4 is 10.1 Å². The summed E-state index contributed by atoms with van der Waals surface area (Å²) in [5, 5.41) is 6.51. The molecule has 0 saturated heterocycles. The largest absolute Gasteiger partial charge is 0.489 e. The van der Waals surface area contributed by atoms with Gasteiger partial charge in [-0.3, -0.25) is 0 Å². The molecule has 0 atom stereocenters. The Morgan fingerprint density at radius 2 is 1.73 bits per heavy atom. The van der Waals surface area contributed by atoms with Gasteiger partial charge in [0.15, 0.2) is 0 Å². The molecule has 3 aromatic carbocycles. The average molecular weight is 460 g/mol. The Balaban J connectivity index is 1.36. The highest BCUT2D eigenvalue weighted by Gasteiger charge is 2.08. The Labute approximate surface area is 190 Å². The molecule has 154 valence electrons. The number of aromatic nitrogens is 1. The van der Waals surface area contributed by atoms with E-state index in [0.717, 1.165) is 29.8 Å². The second-order valence-electron chi connectivity index (χ2n) is 7.08. The summed E-state index contributed by atoms with van der Waals surface area (Å²) in [6, 6.07) is 19.5. The van der Waals surface area contributed by atoms with Gasteiger partial charge in [0, 0.05) is 34.2 Å². The zero-order valence-electron chi connectivity index (χ0n) is 16.2. The maximum absolute atomic E-state index is 6.21. The summed E-state index contributed by atoms with van der Waals surface area (Å²) in [6.07, 6.45) is 3.02. The fourth-order valence-corrected chi connectivity index (χ4v) is 3.92. The lowest BCUT2D eigenvalue weighted by Crippen LogP contribution is -2.17. The van der Waals surface area contributed by atoms with Crippen LogP contribution in [0.5, 0.6) is 5.75 Å². The standard InChI is InChI=1S/C24H21Cl3N2O/c25-19-6-8-24(30-15-16-5-7-21(26)22(27)11-16)18(12-19)13-28-10-9-17-14-29-23-4-2-1-3-20(17)23/h1-8,11-12,14,28-29H,9-10,13,15H2. The second-order valence-corrected chi connectivity index (χ2v) is 8.33. The van der Waals surface area contributed by atoms with Gasteiger partial charge in [0.25, 0.3) is 0 Å². The number of halogens is 3. The molecule has 0 bridgehead atoms. The van der Waals surface area contributed by atoms with Crippen molar-refractivity contribution in [2.45, 2.75) is 19.6 Å². The minimum atomic E-state index is 0.404. The molecular formula is C24H21Cl3N2O. The summed E-state index contributed by atoms with van der Waals surface area (Å²) >= 11 is 18.3. The van der Waals surface area contributed by atoms with E-state index < -0.39 is 0 Å². The first-order valence-electron chi connectivity index (χ1n) is 9.71. The highest BCUT2D eigenvalue weighted by atomic mass is 35.5. The zero-order valence-corrected chi connectivity index (χ0v) is 18.5. The van der Waals surface area contributed by atoms with Gasteiger partial charge in [-0.2, -0.15) is 0 Å². The zero-order chi connectivity index (χ0) is 20.9. The predicted molar refractivity (Wildman–Crippen MR) is 126 cm³/mol. The summed E-state index contributed by atoms with van der Waals surface area (Å²) in [6.45, 7) is 1.92. The van der Waals surface area contributed by atoms with Gasteiger partial charge < -0.3 is 15.0 Å². The number of benzene rings is 3. The Bertz CT molecular complexity index is 1160. The number of aromatic amines is 1. The number of hydrogen-bond acceptors (Lipinski definition) is 2. The van der Waals surface area contributed by atoms with Gasteiger partial charge in [-0.1, -0.05) is 59.1 Å². The summed E-state index contributed by atoms with van der Waals surface area (Å²) in [7, 11) is 0. The number of hydrogen-bond donors (Lipinski definition) is 2. The van der Waals surface area contributed by atoms with Crippen molar-refractivity contribution >= 4 is 45.7 Å². The minimum Gasteiger partial charge on any atom is -0.489 e. The van der Waals surface area contributed by atoms with Crippen LogP contribution in [0.4, 0.5) is 0 Å². The maximum atomic E-state index is 6.21. The van der Waals surface area contributed by atoms with Gasteiger partial charge in [0.05, 0.1) is 10.0 Å². The molecule has 4 rings (SSSR count). The first-order valence-corrected chi connectivity index (χ1v) is 10.8. The molecule has 30 heavy (non-hydrogen) atoms. The highest BCUT2D eigenvalue weighted by Crippen LogP contribution is 2.26. The van der Waals surface area contributed by atoms with Crippen LogP contribution in [0.3, 0.4) is 0 Å². The van der Waals surface area contributed by atoms with Crippen molar-refractivity contribution in [1.82, 2.24) is 10.3 Å². The van der Waals surface area contributed by atoms with Crippen LogP contribution in [0.1, 0.15) is 16.7 Å². The van der Waals surface area contributed by atoms with Crippen LogP contribution in [0.15, 0.2) is 66.9 Å². The van der Waals surface area contributed by atoms with Crippen LogP contribution in [0.2, 0.25) is 15.1 Å². The molecule has 1 heterocycles. The van der Waals surface area contributed by atoms with Crippen LogP contribution in [-0.2, 0) is 19.6 Å². The Hall–Kier alpha value is -2.17. The monoisotopic (exact) mass is 458 g/mol. The first-order chi connectivity index (χ1) is 14.6. The van der Waals surface area contributed by atoms with Gasteiger partial charge >= 0.3 is 0 Å². The van der Waals surface area contributed by atoms with Crippen LogP contribution in [0.25, 0.3) is 10.9 Å². The van der Waals surface area contributed by atoms with Gasteiger partial charge in [0.2, 0.25) is 0 Å². The van der Waals surface area contributed by atoms with Gasteiger partial charge in [-0.15, -0.1) is 0 Å². The number of H-pyrrole nitrogens is 1. The molecule has 0 saturated carbocycles. The van der Waals surface area contributed by atoms with E-state index in [9.17, 15) is 0 Å². The second kappa shape index (κ2) is 9.76. The van der Waals surface area contributed by atoms with E-state index in [0.29, 0.717) is 28.2 Å². The van der Waals surface area contributed by atoms with Gasteiger partial charge in [-0.25, -0.2) is 0 Å². The quantitative estimate of drug-likeness (QED) is 0.277. The van der Waals surface area contributed by atoms with Crippen molar-refractivity contribution < 1.29 is 4.74 Å². The fourth-order valence-electron chi connectivity index (χ4n) is 3.40. The normalized spacial score (nSPS) is 11.2.